The molecule has 112 valence electrons. The molecule has 0 unspecified atom stereocenters. The minimum Gasteiger partial charge on any atom is -0.463 e. The zero-order chi connectivity index (χ0) is 15.9. The van der Waals surface area contributed by atoms with Crippen molar-refractivity contribution < 1.29 is 14.3 Å². The minimum atomic E-state index is -0.391. The molecule has 2 aromatic carbocycles. The molecule has 22 heavy (non-hydrogen) atoms. The number of ether oxygens (including phenoxy) is 1. The summed E-state index contributed by atoms with van der Waals surface area (Å²) in [6, 6.07) is 14.6. The van der Waals surface area contributed by atoms with Crippen LogP contribution in [-0.4, -0.2) is 18.4 Å². The fraction of sp³-hybridized carbons (Fsp3) is 0.158. The van der Waals surface area contributed by atoms with Gasteiger partial charge in [-0.1, -0.05) is 48.0 Å². The van der Waals surface area contributed by atoms with Gasteiger partial charge in [-0.3, -0.25) is 4.79 Å². The molecule has 0 heterocycles. The molecule has 3 nitrogen and oxygen atoms in total. The van der Waals surface area contributed by atoms with Crippen molar-refractivity contribution in [1.29, 1.82) is 0 Å². The average Bonchev–Trinajstić information content (AvgIpc) is 2.53. The highest BCUT2D eigenvalue weighted by molar-refractivity contribution is 6.09. The Kier molecular flexibility index (Phi) is 5.26. The predicted octanol–water partition coefficient (Wildman–Crippen LogP) is 3.80. The Labute approximate surface area is 130 Å². The molecule has 0 spiro atoms. The molecule has 3 heteroatoms. The number of esters is 1. The number of ketones is 1. The lowest BCUT2D eigenvalue weighted by atomic mass is 10.0. The van der Waals surface area contributed by atoms with Crippen LogP contribution in [0.1, 0.15) is 34.0 Å². The first kappa shape index (κ1) is 15.7. The van der Waals surface area contributed by atoms with Gasteiger partial charge in [0.25, 0.3) is 0 Å². The summed E-state index contributed by atoms with van der Waals surface area (Å²) in [6.45, 7) is 4.08. The molecule has 0 aliphatic rings. The van der Waals surface area contributed by atoms with Gasteiger partial charge in [0.05, 0.1) is 6.61 Å². The average molecular weight is 294 g/mol. The van der Waals surface area contributed by atoms with Crippen LogP contribution in [0.4, 0.5) is 0 Å². The molecule has 0 saturated carbocycles. The molecular formula is C19H18O3. The van der Waals surface area contributed by atoms with Crippen LogP contribution in [0.15, 0.2) is 54.6 Å². The van der Waals surface area contributed by atoms with E-state index in [4.69, 9.17) is 4.74 Å². The summed E-state index contributed by atoms with van der Waals surface area (Å²) in [6.07, 6.45) is 3.00. The summed E-state index contributed by atoms with van der Waals surface area (Å²) in [5.74, 6) is -0.427. The second-order valence-corrected chi connectivity index (χ2v) is 4.91. The van der Waals surface area contributed by atoms with Crippen molar-refractivity contribution >= 4 is 17.8 Å². The third-order valence-corrected chi connectivity index (χ3v) is 3.16. The van der Waals surface area contributed by atoms with E-state index in [1.165, 1.54) is 6.08 Å². The smallest absolute Gasteiger partial charge is 0.330 e. The topological polar surface area (TPSA) is 43.4 Å². The van der Waals surface area contributed by atoms with E-state index in [-0.39, 0.29) is 5.78 Å². The maximum Gasteiger partial charge on any atom is 0.330 e. The third-order valence-electron chi connectivity index (χ3n) is 3.16. The van der Waals surface area contributed by atoms with Gasteiger partial charge < -0.3 is 4.74 Å². The molecule has 0 N–H and O–H groups in total. The second-order valence-electron chi connectivity index (χ2n) is 4.91. The maximum atomic E-state index is 12.4. The number of carbonyl (C=O) groups excluding carboxylic acids is 2. The third kappa shape index (κ3) is 4.16. The standard InChI is InChI=1S/C19H18O3/c1-3-22-18(20)12-9-15-5-4-6-17(13-15)19(21)16-10-7-14(2)8-11-16/h4-13H,3H2,1-2H3/b12-9+. The Hall–Kier alpha value is -2.68. The minimum absolute atomic E-state index is 0.0358. The van der Waals surface area contributed by atoms with E-state index < -0.39 is 5.97 Å². The van der Waals surface area contributed by atoms with Crippen LogP contribution < -0.4 is 0 Å². The summed E-state index contributed by atoms with van der Waals surface area (Å²) in [5, 5.41) is 0. The zero-order valence-electron chi connectivity index (χ0n) is 12.7. The molecule has 0 fully saturated rings. The van der Waals surface area contributed by atoms with E-state index >= 15 is 0 Å². The maximum absolute atomic E-state index is 12.4. The lowest BCUT2D eigenvalue weighted by Gasteiger charge is -2.03. The lowest BCUT2D eigenvalue weighted by Crippen LogP contribution is -2.01. The van der Waals surface area contributed by atoms with Gasteiger partial charge in [0.1, 0.15) is 0 Å². The summed E-state index contributed by atoms with van der Waals surface area (Å²) >= 11 is 0. The zero-order valence-corrected chi connectivity index (χ0v) is 12.7. The van der Waals surface area contributed by atoms with Crippen LogP contribution in [0.2, 0.25) is 0 Å². The quantitative estimate of drug-likeness (QED) is 0.478. The molecule has 0 aliphatic carbocycles. The van der Waals surface area contributed by atoms with Crippen molar-refractivity contribution in [3.63, 3.8) is 0 Å². The van der Waals surface area contributed by atoms with Crippen molar-refractivity contribution in [1.82, 2.24) is 0 Å². The fourth-order valence-corrected chi connectivity index (χ4v) is 2.01. The predicted molar refractivity (Wildman–Crippen MR) is 86.7 cm³/mol. The number of hydrogen-bond acceptors (Lipinski definition) is 3. The number of benzene rings is 2. The van der Waals surface area contributed by atoms with Crippen molar-refractivity contribution in [3.05, 3.63) is 76.9 Å². The van der Waals surface area contributed by atoms with E-state index in [1.807, 2.05) is 37.3 Å². The Morgan fingerprint density at radius 1 is 1.05 bits per heavy atom. The summed E-state index contributed by atoms with van der Waals surface area (Å²) in [4.78, 5) is 23.7. The van der Waals surface area contributed by atoms with Gasteiger partial charge in [-0.05, 0) is 31.6 Å². The monoisotopic (exact) mass is 294 g/mol. The largest absolute Gasteiger partial charge is 0.463 e. The van der Waals surface area contributed by atoms with E-state index in [1.54, 1.807) is 31.2 Å². The highest BCUT2D eigenvalue weighted by Gasteiger charge is 2.08. The molecule has 0 bridgehead atoms. The summed E-state index contributed by atoms with van der Waals surface area (Å²) in [5.41, 5.74) is 3.14. The SMILES string of the molecule is CCOC(=O)/C=C/c1cccc(C(=O)c2ccc(C)cc2)c1. The Morgan fingerprint density at radius 2 is 1.77 bits per heavy atom. The van der Waals surface area contributed by atoms with Gasteiger partial charge in [-0.25, -0.2) is 4.79 Å². The van der Waals surface area contributed by atoms with Crippen LogP contribution in [0.3, 0.4) is 0 Å². The van der Waals surface area contributed by atoms with E-state index in [9.17, 15) is 9.59 Å². The van der Waals surface area contributed by atoms with Crippen molar-refractivity contribution in [2.45, 2.75) is 13.8 Å². The van der Waals surface area contributed by atoms with E-state index in [2.05, 4.69) is 0 Å². The van der Waals surface area contributed by atoms with Crippen molar-refractivity contribution in [2.75, 3.05) is 6.61 Å². The van der Waals surface area contributed by atoms with E-state index in [0.29, 0.717) is 17.7 Å². The van der Waals surface area contributed by atoms with E-state index in [0.717, 1.165) is 11.1 Å². The second kappa shape index (κ2) is 7.36. The lowest BCUT2D eigenvalue weighted by molar-refractivity contribution is -0.137. The number of rotatable bonds is 5. The molecule has 2 rings (SSSR count). The molecule has 0 aromatic heterocycles. The Morgan fingerprint density at radius 3 is 2.45 bits per heavy atom. The molecule has 0 aliphatic heterocycles. The fourth-order valence-electron chi connectivity index (χ4n) is 2.01. The molecule has 0 amide bonds. The van der Waals surface area contributed by atoms with Gasteiger partial charge in [0.15, 0.2) is 5.78 Å². The Balaban J connectivity index is 2.19. The normalized spacial score (nSPS) is 10.6. The van der Waals surface area contributed by atoms with Crippen LogP contribution in [-0.2, 0) is 9.53 Å². The van der Waals surface area contributed by atoms with Gasteiger partial charge in [-0.2, -0.15) is 0 Å². The highest BCUT2D eigenvalue weighted by atomic mass is 16.5. The van der Waals surface area contributed by atoms with Crippen LogP contribution in [0.5, 0.6) is 0 Å². The Bertz CT molecular complexity index is 697. The van der Waals surface area contributed by atoms with Crippen LogP contribution in [0.25, 0.3) is 6.08 Å². The van der Waals surface area contributed by atoms with Gasteiger partial charge in [0.2, 0.25) is 0 Å². The first-order valence-corrected chi connectivity index (χ1v) is 7.16. The molecule has 0 radical (unpaired) electrons. The van der Waals surface area contributed by atoms with Crippen molar-refractivity contribution in [2.24, 2.45) is 0 Å². The van der Waals surface area contributed by atoms with Crippen LogP contribution in [0, 0.1) is 6.92 Å². The summed E-state index contributed by atoms with van der Waals surface area (Å²) < 4.78 is 4.83. The van der Waals surface area contributed by atoms with Crippen molar-refractivity contribution in [3.8, 4) is 0 Å². The molecular weight excluding hydrogens is 276 g/mol. The molecule has 2 aromatic rings. The van der Waals surface area contributed by atoms with Gasteiger partial charge >= 0.3 is 5.97 Å². The number of carbonyl (C=O) groups is 2. The molecule has 0 atom stereocenters. The summed E-state index contributed by atoms with van der Waals surface area (Å²) in [7, 11) is 0. The van der Waals surface area contributed by atoms with Crippen LogP contribution >= 0.6 is 0 Å². The van der Waals surface area contributed by atoms with Gasteiger partial charge in [0, 0.05) is 17.2 Å². The molecule has 0 saturated heterocycles. The first-order valence-electron chi connectivity index (χ1n) is 7.16. The van der Waals surface area contributed by atoms with Gasteiger partial charge in [-0.15, -0.1) is 0 Å². The first-order chi connectivity index (χ1) is 10.6. The number of hydrogen-bond donors (Lipinski definition) is 0. The highest BCUT2D eigenvalue weighted by Crippen LogP contribution is 2.13. The number of aryl methyl sites for hydroxylation is 1.